The van der Waals surface area contributed by atoms with Crippen molar-refractivity contribution in [3.63, 3.8) is 0 Å². The summed E-state index contributed by atoms with van der Waals surface area (Å²) in [5, 5.41) is 19.9. The van der Waals surface area contributed by atoms with E-state index in [-0.39, 0.29) is 5.56 Å². The highest BCUT2D eigenvalue weighted by molar-refractivity contribution is 9.10. The van der Waals surface area contributed by atoms with Crippen molar-refractivity contribution < 1.29 is 23.8 Å². The number of furan rings is 2. The third kappa shape index (κ3) is 1.39. The van der Waals surface area contributed by atoms with E-state index in [4.69, 9.17) is 13.9 Å². The van der Waals surface area contributed by atoms with E-state index in [1.807, 2.05) is 0 Å². The lowest BCUT2D eigenvalue weighted by atomic mass is 10.0. The molecule has 0 saturated carbocycles. The Labute approximate surface area is 109 Å². The molecule has 1 aromatic carbocycles. The number of benzene rings is 1. The number of halogens is 1. The van der Waals surface area contributed by atoms with Gasteiger partial charge in [0.1, 0.15) is 11.2 Å². The fourth-order valence-electron chi connectivity index (χ4n) is 2.02. The Morgan fingerprint density at radius 3 is 2.44 bits per heavy atom. The van der Waals surface area contributed by atoms with Crippen LogP contribution in [0.1, 0.15) is 11.7 Å². The molecular formula is C12H7BrO5. The fraction of sp³-hybridized carbons (Fsp3) is 0.0833. The number of hydrogen-bond acceptors (Lipinski definition) is 4. The van der Waals surface area contributed by atoms with Crippen molar-refractivity contribution in [2.45, 2.75) is 6.10 Å². The largest absolute Gasteiger partial charge is 0.479 e. The van der Waals surface area contributed by atoms with Gasteiger partial charge in [-0.2, -0.15) is 0 Å². The normalized spacial score (nSPS) is 13.2. The number of carbonyl (C=O) groups is 1. The van der Waals surface area contributed by atoms with Gasteiger partial charge in [0.25, 0.3) is 0 Å². The number of fused-ring (bicyclic) bond motifs is 2. The molecule has 0 saturated heterocycles. The first-order valence-corrected chi connectivity index (χ1v) is 5.87. The molecular weight excluding hydrogens is 304 g/mol. The standard InChI is InChI=1S/C12H7BrO5/c13-8-6-2-4-17-10(6)7(9(14)12(15)16)5-1-3-18-11(5)8/h1-4,9,14H,(H,15,16). The van der Waals surface area contributed by atoms with Crippen molar-refractivity contribution in [1.29, 1.82) is 0 Å². The molecule has 0 radical (unpaired) electrons. The van der Waals surface area contributed by atoms with Crippen molar-refractivity contribution in [2.24, 2.45) is 0 Å². The molecule has 0 fully saturated rings. The second kappa shape index (κ2) is 3.86. The third-order valence-corrected chi connectivity index (χ3v) is 3.60. The van der Waals surface area contributed by atoms with Gasteiger partial charge in [0.15, 0.2) is 6.10 Å². The summed E-state index contributed by atoms with van der Waals surface area (Å²) in [4.78, 5) is 11.0. The minimum absolute atomic E-state index is 0.203. The molecule has 2 N–H and O–H groups in total. The van der Waals surface area contributed by atoms with E-state index >= 15 is 0 Å². The van der Waals surface area contributed by atoms with E-state index in [2.05, 4.69) is 15.9 Å². The molecule has 5 nitrogen and oxygen atoms in total. The molecule has 6 heteroatoms. The monoisotopic (exact) mass is 310 g/mol. The Morgan fingerprint density at radius 1 is 1.17 bits per heavy atom. The van der Waals surface area contributed by atoms with Crippen LogP contribution in [0.3, 0.4) is 0 Å². The first kappa shape index (κ1) is 11.3. The van der Waals surface area contributed by atoms with Gasteiger partial charge in [-0.15, -0.1) is 0 Å². The molecule has 92 valence electrons. The molecule has 0 aliphatic rings. The van der Waals surface area contributed by atoms with Crippen LogP contribution in [0.4, 0.5) is 0 Å². The molecule has 1 atom stereocenters. The van der Waals surface area contributed by atoms with Gasteiger partial charge in [-0.05, 0) is 28.1 Å². The number of carboxylic acids is 1. The molecule has 0 aliphatic carbocycles. The second-order valence-corrected chi connectivity index (χ2v) is 4.59. The highest BCUT2D eigenvalue weighted by atomic mass is 79.9. The van der Waals surface area contributed by atoms with Crippen molar-refractivity contribution in [3.05, 3.63) is 34.7 Å². The number of aliphatic carboxylic acids is 1. The van der Waals surface area contributed by atoms with Crippen molar-refractivity contribution in [3.8, 4) is 0 Å². The van der Waals surface area contributed by atoms with Crippen molar-refractivity contribution in [1.82, 2.24) is 0 Å². The molecule has 0 spiro atoms. The van der Waals surface area contributed by atoms with Crippen LogP contribution in [0.25, 0.3) is 21.9 Å². The Kier molecular flexibility index (Phi) is 2.42. The van der Waals surface area contributed by atoms with Gasteiger partial charge in [-0.1, -0.05) is 0 Å². The van der Waals surface area contributed by atoms with Crippen LogP contribution in [-0.2, 0) is 4.79 Å². The zero-order chi connectivity index (χ0) is 12.9. The van der Waals surface area contributed by atoms with Crippen LogP contribution < -0.4 is 0 Å². The van der Waals surface area contributed by atoms with Crippen LogP contribution in [0.5, 0.6) is 0 Å². The number of rotatable bonds is 2. The first-order valence-electron chi connectivity index (χ1n) is 5.08. The fourth-order valence-corrected chi connectivity index (χ4v) is 2.64. The van der Waals surface area contributed by atoms with Gasteiger partial charge in [0, 0.05) is 16.3 Å². The molecule has 2 aromatic heterocycles. The van der Waals surface area contributed by atoms with Gasteiger partial charge in [-0.25, -0.2) is 4.79 Å². The van der Waals surface area contributed by atoms with E-state index in [0.29, 0.717) is 26.4 Å². The second-order valence-electron chi connectivity index (χ2n) is 3.80. The quantitative estimate of drug-likeness (QED) is 0.760. The Bertz CT molecular complexity index is 703. The SMILES string of the molecule is O=C(O)C(O)c1c2ccoc2c(Br)c2ccoc12. The van der Waals surface area contributed by atoms with E-state index in [1.54, 1.807) is 12.1 Å². The Morgan fingerprint density at radius 2 is 1.78 bits per heavy atom. The lowest BCUT2D eigenvalue weighted by Gasteiger charge is -2.09. The summed E-state index contributed by atoms with van der Waals surface area (Å²) in [6, 6.07) is 3.28. The number of aliphatic hydroxyl groups is 1. The van der Waals surface area contributed by atoms with Crippen LogP contribution in [0.2, 0.25) is 0 Å². The van der Waals surface area contributed by atoms with Crippen LogP contribution >= 0.6 is 15.9 Å². The van der Waals surface area contributed by atoms with Crippen molar-refractivity contribution >= 4 is 43.8 Å². The maximum absolute atomic E-state index is 11.0. The summed E-state index contributed by atoms with van der Waals surface area (Å²) in [5.74, 6) is -1.34. The average molecular weight is 311 g/mol. The molecule has 3 rings (SSSR count). The molecule has 18 heavy (non-hydrogen) atoms. The average Bonchev–Trinajstić information content (AvgIpc) is 2.96. The number of aliphatic hydroxyl groups excluding tert-OH is 1. The van der Waals surface area contributed by atoms with E-state index in [0.717, 1.165) is 0 Å². The molecule has 0 bridgehead atoms. The third-order valence-electron chi connectivity index (χ3n) is 2.81. The molecule has 3 aromatic rings. The predicted molar refractivity (Wildman–Crippen MR) is 66.3 cm³/mol. The zero-order valence-corrected chi connectivity index (χ0v) is 10.5. The molecule has 0 amide bonds. The summed E-state index contributed by atoms with van der Waals surface area (Å²) in [7, 11) is 0. The van der Waals surface area contributed by atoms with Gasteiger partial charge in [0.05, 0.1) is 17.0 Å². The van der Waals surface area contributed by atoms with Gasteiger partial charge in [-0.3, -0.25) is 0 Å². The van der Waals surface area contributed by atoms with Gasteiger partial charge < -0.3 is 19.0 Å². The number of hydrogen-bond donors (Lipinski definition) is 2. The lowest BCUT2D eigenvalue weighted by molar-refractivity contribution is -0.146. The van der Waals surface area contributed by atoms with Crippen molar-refractivity contribution in [2.75, 3.05) is 0 Å². The predicted octanol–water partition coefficient (Wildman–Crippen LogP) is 3.06. The van der Waals surface area contributed by atoms with Gasteiger partial charge in [0.2, 0.25) is 0 Å². The van der Waals surface area contributed by atoms with Gasteiger partial charge >= 0.3 is 5.97 Å². The summed E-state index contributed by atoms with van der Waals surface area (Å²) in [6.45, 7) is 0. The summed E-state index contributed by atoms with van der Waals surface area (Å²) < 4.78 is 11.3. The first-order chi connectivity index (χ1) is 8.61. The van der Waals surface area contributed by atoms with Crippen LogP contribution in [0.15, 0.2) is 38.0 Å². The summed E-state index contributed by atoms with van der Waals surface area (Å²) in [6.07, 6.45) is 1.21. The number of carboxylic acid groups (broad SMARTS) is 1. The maximum Gasteiger partial charge on any atom is 0.337 e. The molecule has 0 aliphatic heterocycles. The van der Waals surface area contributed by atoms with Crippen LogP contribution in [-0.4, -0.2) is 16.2 Å². The lowest BCUT2D eigenvalue weighted by Crippen LogP contribution is -2.11. The maximum atomic E-state index is 11.0. The Balaban J connectivity index is 2.51. The summed E-state index contributed by atoms with van der Waals surface area (Å²) in [5.41, 5.74) is 1.03. The topological polar surface area (TPSA) is 83.8 Å². The van der Waals surface area contributed by atoms with E-state index in [9.17, 15) is 9.90 Å². The smallest absolute Gasteiger partial charge is 0.337 e. The minimum Gasteiger partial charge on any atom is -0.479 e. The highest BCUT2D eigenvalue weighted by Gasteiger charge is 2.26. The highest BCUT2D eigenvalue weighted by Crippen LogP contribution is 2.40. The molecule has 2 heterocycles. The van der Waals surface area contributed by atoms with E-state index < -0.39 is 12.1 Å². The zero-order valence-electron chi connectivity index (χ0n) is 8.88. The molecule has 1 unspecified atom stereocenters. The van der Waals surface area contributed by atoms with E-state index in [1.165, 1.54) is 12.5 Å². The van der Waals surface area contributed by atoms with Crippen LogP contribution in [0, 0.1) is 0 Å². The Hall–Kier alpha value is -1.79. The summed E-state index contributed by atoms with van der Waals surface area (Å²) >= 11 is 3.38. The minimum atomic E-state index is -1.66.